The van der Waals surface area contributed by atoms with Crippen LogP contribution in [0.15, 0.2) is 36.4 Å². The highest BCUT2D eigenvalue weighted by Gasteiger charge is 2.23. The molecule has 7 heteroatoms. The van der Waals surface area contributed by atoms with Gasteiger partial charge in [0, 0.05) is 50.2 Å². The molecule has 0 spiro atoms. The molecule has 1 fully saturated rings. The molecule has 0 unspecified atom stereocenters. The molecule has 2 heterocycles. The summed E-state index contributed by atoms with van der Waals surface area (Å²) < 4.78 is 0. The monoisotopic (exact) mass is 340 g/mol. The highest BCUT2D eigenvalue weighted by Crippen LogP contribution is 2.16. The molecule has 1 aromatic carbocycles. The summed E-state index contributed by atoms with van der Waals surface area (Å²) >= 11 is 0. The van der Waals surface area contributed by atoms with Crippen LogP contribution in [0.25, 0.3) is 0 Å². The number of rotatable bonds is 4. The predicted molar refractivity (Wildman–Crippen MR) is 100 cm³/mol. The van der Waals surface area contributed by atoms with E-state index in [2.05, 4.69) is 25.5 Å². The lowest BCUT2D eigenvalue weighted by atomic mass is 10.3. The van der Waals surface area contributed by atoms with Gasteiger partial charge in [-0.1, -0.05) is 18.2 Å². The van der Waals surface area contributed by atoms with Crippen molar-refractivity contribution in [1.82, 2.24) is 14.9 Å². The summed E-state index contributed by atoms with van der Waals surface area (Å²) in [5.41, 5.74) is 1.75. The van der Waals surface area contributed by atoms with E-state index in [1.54, 1.807) is 0 Å². The molecule has 2 amide bonds. The maximum absolute atomic E-state index is 12.4. The normalized spacial score (nSPS) is 14.3. The van der Waals surface area contributed by atoms with Crippen molar-refractivity contribution < 1.29 is 4.79 Å². The highest BCUT2D eigenvalue weighted by molar-refractivity contribution is 5.89. The molecule has 0 bridgehead atoms. The number of carbonyl (C=O) groups is 1. The van der Waals surface area contributed by atoms with Gasteiger partial charge in [0.25, 0.3) is 0 Å². The van der Waals surface area contributed by atoms with Crippen LogP contribution in [0, 0.1) is 6.92 Å². The number of hydrogen-bond acceptors (Lipinski definition) is 5. The van der Waals surface area contributed by atoms with Gasteiger partial charge >= 0.3 is 6.03 Å². The number of nitrogens with zero attached hydrogens (tertiary/aromatic N) is 4. The topological polar surface area (TPSA) is 73.4 Å². The van der Waals surface area contributed by atoms with Gasteiger partial charge in [0.1, 0.15) is 5.82 Å². The van der Waals surface area contributed by atoms with E-state index in [0.717, 1.165) is 42.8 Å². The SMILES string of the molecule is CCNc1cc(C)nc(N2CCN(C(=O)Nc3ccccc3)CC2)n1. The van der Waals surface area contributed by atoms with Crippen molar-refractivity contribution in [3.8, 4) is 0 Å². The van der Waals surface area contributed by atoms with Gasteiger partial charge in [-0.25, -0.2) is 9.78 Å². The number of para-hydroxylation sites is 1. The molecular formula is C18H24N6O. The third-order valence-corrected chi connectivity index (χ3v) is 4.08. The van der Waals surface area contributed by atoms with E-state index in [1.807, 2.05) is 55.1 Å². The van der Waals surface area contributed by atoms with Gasteiger partial charge in [-0.05, 0) is 26.0 Å². The van der Waals surface area contributed by atoms with E-state index in [1.165, 1.54) is 0 Å². The number of carbonyl (C=O) groups excluding carboxylic acids is 1. The Hall–Kier alpha value is -2.83. The molecule has 0 aliphatic carbocycles. The predicted octanol–water partition coefficient (Wildman–Crippen LogP) is 2.57. The Morgan fingerprint density at radius 3 is 2.52 bits per heavy atom. The van der Waals surface area contributed by atoms with Gasteiger partial charge in [0.15, 0.2) is 0 Å². The molecule has 1 aliphatic heterocycles. The quantitative estimate of drug-likeness (QED) is 0.895. The van der Waals surface area contributed by atoms with E-state index in [0.29, 0.717) is 13.1 Å². The number of anilines is 3. The average molecular weight is 340 g/mol. The Labute approximate surface area is 148 Å². The molecule has 2 aromatic rings. The standard InChI is InChI=1S/C18H24N6O/c1-3-19-16-13-14(2)20-17(22-16)23-9-11-24(12-10-23)18(25)21-15-7-5-4-6-8-15/h4-8,13H,3,9-12H2,1-2H3,(H,21,25)(H,19,20,22). The number of aromatic nitrogens is 2. The molecule has 3 rings (SSSR count). The first-order valence-electron chi connectivity index (χ1n) is 8.61. The summed E-state index contributed by atoms with van der Waals surface area (Å²) in [5.74, 6) is 1.56. The third-order valence-electron chi connectivity index (χ3n) is 4.08. The number of hydrogen-bond donors (Lipinski definition) is 2. The first-order chi connectivity index (χ1) is 12.2. The fraction of sp³-hybridized carbons (Fsp3) is 0.389. The van der Waals surface area contributed by atoms with Crippen molar-refractivity contribution in [3.63, 3.8) is 0 Å². The second-order valence-electron chi connectivity index (χ2n) is 6.00. The maximum Gasteiger partial charge on any atom is 0.321 e. The van der Waals surface area contributed by atoms with E-state index in [4.69, 9.17) is 0 Å². The van der Waals surface area contributed by atoms with Crippen molar-refractivity contribution in [2.45, 2.75) is 13.8 Å². The first kappa shape index (κ1) is 17.0. The van der Waals surface area contributed by atoms with Gasteiger partial charge in [-0.15, -0.1) is 0 Å². The number of aryl methyl sites for hydroxylation is 1. The second-order valence-corrected chi connectivity index (χ2v) is 6.00. The number of nitrogens with one attached hydrogen (secondary N) is 2. The summed E-state index contributed by atoms with van der Waals surface area (Å²) in [6.45, 7) is 7.56. The van der Waals surface area contributed by atoms with Gasteiger partial charge in [-0.2, -0.15) is 4.98 Å². The molecule has 25 heavy (non-hydrogen) atoms. The molecule has 1 aliphatic rings. The maximum atomic E-state index is 12.4. The fourth-order valence-electron chi connectivity index (χ4n) is 2.80. The molecular weight excluding hydrogens is 316 g/mol. The van der Waals surface area contributed by atoms with Gasteiger partial charge < -0.3 is 20.4 Å². The highest BCUT2D eigenvalue weighted by atomic mass is 16.2. The summed E-state index contributed by atoms with van der Waals surface area (Å²) in [7, 11) is 0. The Balaban J connectivity index is 1.59. The van der Waals surface area contributed by atoms with Crippen LogP contribution in [0.3, 0.4) is 0 Å². The van der Waals surface area contributed by atoms with Crippen molar-refractivity contribution in [3.05, 3.63) is 42.1 Å². The van der Waals surface area contributed by atoms with Gasteiger partial charge in [0.05, 0.1) is 0 Å². The Morgan fingerprint density at radius 2 is 1.84 bits per heavy atom. The van der Waals surface area contributed by atoms with Gasteiger partial charge in [0.2, 0.25) is 5.95 Å². The zero-order valence-electron chi connectivity index (χ0n) is 14.7. The van der Waals surface area contributed by atoms with Crippen LogP contribution in [0.1, 0.15) is 12.6 Å². The summed E-state index contributed by atoms with van der Waals surface area (Å²) in [6, 6.07) is 11.4. The van der Waals surface area contributed by atoms with Crippen LogP contribution in [-0.4, -0.2) is 53.6 Å². The van der Waals surface area contributed by atoms with E-state index in [9.17, 15) is 4.79 Å². The molecule has 2 N–H and O–H groups in total. The minimum atomic E-state index is -0.0654. The fourth-order valence-corrected chi connectivity index (χ4v) is 2.80. The van der Waals surface area contributed by atoms with E-state index in [-0.39, 0.29) is 6.03 Å². The lowest BCUT2D eigenvalue weighted by Crippen LogP contribution is -2.50. The van der Waals surface area contributed by atoms with E-state index >= 15 is 0 Å². The second kappa shape index (κ2) is 7.83. The van der Waals surface area contributed by atoms with Gasteiger partial charge in [-0.3, -0.25) is 0 Å². The van der Waals surface area contributed by atoms with Crippen molar-refractivity contribution in [1.29, 1.82) is 0 Å². The molecule has 132 valence electrons. The van der Waals surface area contributed by atoms with Crippen LogP contribution in [0.2, 0.25) is 0 Å². The first-order valence-corrected chi connectivity index (χ1v) is 8.61. The average Bonchev–Trinajstić information content (AvgIpc) is 2.62. The third kappa shape index (κ3) is 4.37. The molecule has 1 saturated heterocycles. The lowest BCUT2D eigenvalue weighted by Gasteiger charge is -2.34. The zero-order chi connectivity index (χ0) is 17.6. The Bertz CT molecular complexity index is 713. The molecule has 0 atom stereocenters. The molecule has 1 aromatic heterocycles. The van der Waals surface area contributed by atoms with Crippen molar-refractivity contribution in [2.75, 3.05) is 48.3 Å². The smallest absolute Gasteiger partial charge is 0.321 e. The Morgan fingerprint density at radius 1 is 1.12 bits per heavy atom. The summed E-state index contributed by atoms with van der Waals surface area (Å²) in [5, 5.41) is 6.16. The van der Waals surface area contributed by atoms with Crippen molar-refractivity contribution in [2.24, 2.45) is 0 Å². The zero-order valence-corrected chi connectivity index (χ0v) is 14.7. The lowest BCUT2D eigenvalue weighted by molar-refractivity contribution is 0.208. The van der Waals surface area contributed by atoms with Crippen LogP contribution in [-0.2, 0) is 0 Å². The minimum Gasteiger partial charge on any atom is -0.370 e. The summed E-state index contributed by atoms with van der Waals surface area (Å²) in [4.78, 5) is 25.4. The molecule has 0 saturated carbocycles. The number of urea groups is 1. The van der Waals surface area contributed by atoms with Crippen molar-refractivity contribution >= 4 is 23.5 Å². The number of piperazine rings is 1. The number of benzene rings is 1. The molecule has 0 radical (unpaired) electrons. The van der Waals surface area contributed by atoms with Crippen LogP contribution in [0.5, 0.6) is 0 Å². The number of amides is 2. The molecule has 7 nitrogen and oxygen atoms in total. The van der Waals surface area contributed by atoms with E-state index < -0.39 is 0 Å². The Kier molecular flexibility index (Phi) is 5.33. The van der Waals surface area contributed by atoms with Crippen LogP contribution >= 0.6 is 0 Å². The van der Waals surface area contributed by atoms with Crippen LogP contribution < -0.4 is 15.5 Å². The minimum absolute atomic E-state index is 0.0654. The van der Waals surface area contributed by atoms with Crippen LogP contribution in [0.4, 0.5) is 22.2 Å². The summed E-state index contributed by atoms with van der Waals surface area (Å²) in [6.07, 6.45) is 0. The largest absolute Gasteiger partial charge is 0.370 e.